The Morgan fingerprint density at radius 3 is 2.39 bits per heavy atom. The lowest BCUT2D eigenvalue weighted by molar-refractivity contribution is -0.133. The van der Waals surface area contributed by atoms with E-state index in [4.69, 9.17) is 39.5 Å². The van der Waals surface area contributed by atoms with Crippen molar-refractivity contribution in [2.75, 3.05) is 44.6 Å². The minimum Gasteiger partial charge on any atom is -0.492 e. The molecule has 1 heterocycles. The van der Waals surface area contributed by atoms with Crippen LogP contribution in [0.5, 0.6) is 5.75 Å². The standard InChI is InChI=1S/C22H24Cl3N3O3/c23-16-5-1-2-7-18(16)26-20(29)15-27-10-12-28(13-11-27)21(30)9-4-14-31-19-8-3-6-17(24)22(19)25/h1-3,5-8H,4,9-15H2,(H,26,29). The van der Waals surface area contributed by atoms with E-state index in [1.165, 1.54) is 0 Å². The van der Waals surface area contributed by atoms with Crippen LogP contribution in [0.2, 0.25) is 15.1 Å². The molecule has 166 valence electrons. The maximum absolute atomic E-state index is 12.4. The molecular weight excluding hydrogens is 461 g/mol. The van der Waals surface area contributed by atoms with Crippen molar-refractivity contribution >= 4 is 52.3 Å². The molecule has 0 spiro atoms. The summed E-state index contributed by atoms with van der Waals surface area (Å²) >= 11 is 18.1. The van der Waals surface area contributed by atoms with Gasteiger partial charge in [-0.1, -0.05) is 53.0 Å². The molecule has 1 N–H and O–H groups in total. The molecule has 2 aromatic rings. The van der Waals surface area contributed by atoms with Crippen LogP contribution < -0.4 is 10.1 Å². The first-order valence-electron chi connectivity index (χ1n) is 10.1. The first kappa shape index (κ1) is 23.7. The summed E-state index contributed by atoms with van der Waals surface area (Å²) in [6, 6.07) is 12.3. The number of piperazine rings is 1. The molecule has 0 radical (unpaired) electrons. The molecule has 0 bridgehead atoms. The number of carbonyl (C=O) groups is 2. The SMILES string of the molecule is O=C(CN1CCN(C(=O)CCCOc2cccc(Cl)c2Cl)CC1)Nc1ccccc1Cl. The maximum atomic E-state index is 12.4. The van der Waals surface area contributed by atoms with Crippen LogP contribution >= 0.6 is 34.8 Å². The van der Waals surface area contributed by atoms with E-state index in [0.29, 0.717) is 72.1 Å². The van der Waals surface area contributed by atoms with Crippen molar-refractivity contribution in [2.24, 2.45) is 0 Å². The molecule has 1 saturated heterocycles. The third kappa shape index (κ3) is 7.01. The van der Waals surface area contributed by atoms with Crippen molar-refractivity contribution in [1.29, 1.82) is 0 Å². The van der Waals surface area contributed by atoms with Crippen LogP contribution in [0.25, 0.3) is 0 Å². The number of amides is 2. The number of hydrogen-bond acceptors (Lipinski definition) is 4. The predicted octanol–water partition coefficient (Wildman–Crippen LogP) is 4.59. The highest BCUT2D eigenvalue weighted by Crippen LogP contribution is 2.31. The summed E-state index contributed by atoms with van der Waals surface area (Å²) in [4.78, 5) is 28.6. The molecular formula is C22H24Cl3N3O3. The van der Waals surface area contributed by atoms with Gasteiger partial charge in [-0.3, -0.25) is 14.5 Å². The van der Waals surface area contributed by atoms with Crippen LogP contribution in [0.4, 0.5) is 5.69 Å². The molecule has 9 heteroatoms. The van der Waals surface area contributed by atoms with Crippen LogP contribution in [0.3, 0.4) is 0 Å². The van der Waals surface area contributed by atoms with Crippen LogP contribution in [0, 0.1) is 0 Å². The lowest BCUT2D eigenvalue weighted by Gasteiger charge is -2.34. The minimum absolute atomic E-state index is 0.0842. The Morgan fingerprint density at radius 2 is 1.65 bits per heavy atom. The van der Waals surface area contributed by atoms with Crippen LogP contribution in [-0.4, -0.2) is 60.9 Å². The molecule has 1 fully saturated rings. The van der Waals surface area contributed by atoms with Gasteiger partial charge in [0.1, 0.15) is 10.8 Å². The van der Waals surface area contributed by atoms with Crippen molar-refractivity contribution in [1.82, 2.24) is 9.80 Å². The number of halogens is 3. The van der Waals surface area contributed by atoms with E-state index in [-0.39, 0.29) is 18.4 Å². The third-order valence-electron chi connectivity index (χ3n) is 4.95. The van der Waals surface area contributed by atoms with Gasteiger partial charge in [0.05, 0.1) is 28.9 Å². The third-order valence-corrected chi connectivity index (χ3v) is 6.08. The summed E-state index contributed by atoms with van der Waals surface area (Å²) in [5, 5.41) is 4.15. The van der Waals surface area contributed by atoms with E-state index < -0.39 is 0 Å². The Labute approximate surface area is 197 Å². The van der Waals surface area contributed by atoms with E-state index >= 15 is 0 Å². The summed E-state index contributed by atoms with van der Waals surface area (Å²) in [5.74, 6) is 0.482. The fourth-order valence-electron chi connectivity index (χ4n) is 3.27. The molecule has 2 aromatic carbocycles. The molecule has 3 rings (SSSR count). The topological polar surface area (TPSA) is 61.9 Å². The van der Waals surface area contributed by atoms with Gasteiger partial charge in [0, 0.05) is 32.6 Å². The zero-order chi connectivity index (χ0) is 22.2. The van der Waals surface area contributed by atoms with Gasteiger partial charge < -0.3 is 15.0 Å². The monoisotopic (exact) mass is 483 g/mol. The van der Waals surface area contributed by atoms with E-state index in [0.717, 1.165) is 0 Å². The average molecular weight is 485 g/mol. The van der Waals surface area contributed by atoms with Crippen molar-refractivity contribution < 1.29 is 14.3 Å². The van der Waals surface area contributed by atoms with Gasteiger partial charge >= 0.3 is 0 Å². The van der Waals surface area contributed by atoms with Crippen LogP contribution in [0.15, 0.2) is 42.5 Å². The molecule has 0 unspecified atom stereocenters. The van der Waals surface area contributed by atoms with Crippen LogP contribution in [-0.2, 0) is 9.59 Å². The number of anilines is 1. The predicted molar refractivity (Wildman–Crippen MR) is 124 cm³/mol. The lowest BCUT2D eigenvalue weighted by atomic mass is 10.2. The Balaban J connectivity index is 1.34. The van der Waals surface area contributed by atoms with Gasteiger partial charge in [-0.2, -0.15) is 0 Å². The molecule has 1 aliphatic heterocycles. The van der Waals surface area contributed by atoms with Gasteiger partial charge in [0.15, 0.2) is 0 Å². The van der Waals surface area contributed by atoms with E-state index in [1.807, 2.05) is 21.9 Å². The summed E-state index contributed by atoms with van der Waals surface area (Å²) in [6.45, 7) is 3.14. The number of nitrogens with one attached hydrogen (secondary N) is 1. The van der Waals surface area contributed by atoms with Crippen molar-refractivity contribution in [3.8, 4) is 5.75 Å². The Hall–Kier alpha value is -1.99. The van der Waals surface area contributed by atoms with Crippen molar-refractivity contribution in [3.05, 3.63) is 57.5 Å². The number of hydrogen-bond donors (Lipinski definition) is 1. The highest BCUT2D eigenvalue weighted by atomic mass is 35.5. The van der Waals surface area contributed by atoms with Gasteiger partial charge in [0.25, 0.3) is 0 Å². The second-order valence-corrected chi connectivity index (χ2v) is 8.38. The van der Waals surface area contributed by atoms with Gasteiger partial charge in [-0.15, -0.1) is 0 Å². The average Bonchev–Trinajstić information content (AvgIpc) is 2.76. The van der Waals surface area contributed by atoms with E-state index in [2.05, 4.69) is 5.32 Å². The maximum Gasteiger partial charge on any atom is 0.238 e. The number of rotatable bonds is 8. The van der Waals surface area contributed by atoms with Gasteiger partial charge in [-0.05, 0) is 30.7 Å². The first-order chi connectivity index (χ1) is 14.9. The number of para-hydroxylation sites is 1. The number of carbonyl (C=O) groups excluding carboxylic acids is 2. The molecule has 31 heavy (non-hydrogen) atoms. The summed E-state index contributed by atoms with van der Waals surface area (Å²) in [5.41, 5.74) is 0.601. The Bertz CT molecular complexity index is 918. The molecule has 1 aliphatic rings. The van der Waals surface area contributed by atoms with Gasteiger partial charge in [0.2, 0.25) is 11.8 Å². The fraction of sp³-hybridized carbons (Fsp3) is 0.364. The Kier molecular flexibility index (Phi) is 8.84. The molecule has 0 atom stereocenters. The number of nitrogens with zero attached hydrogens (tertiary/aromatic N) is 2. The molecule has 6 nitrogen and oxygen atoms in total. The van der Waals surface area contributed by atoms with Gasteiger partial charge in [-0.25, -0.2) is 0 Å². The van der Waals surface area contributed by atoms with Crippen molar-refractivity contribution in [2.45, 2.75) is 12.8 Å². The molecule has 0 aliphatic carbocycles. The molecule has 0 aromatic heterocycles. The normalized spacial score (nSPS) is 14.4. The molecule has 0 saturated carbocycles. The highest BCUT2D eigenvalue weighted by molar-refractivity contribution is 6.42. The molecule has 2 amide bonds. The first-order valence-corrected chi connectivity index (χ1v) is 11.2. The zero-order valence-corrected chi connectivity index (χ0v) is 19.2. The highest BCUT2D eigenvalue weighted by Gasteiger charge is 2.22. The second kappa shape index (κ2) is 11.6. The largest absolute Gasteiger partial charge is 0.492 e. The summed E-state index contributed by atoms with van der Waals surface area (Å²) < 4.78 is 5.62. The number of benzene rings is 2. The number of ether oxygens (including phenoxy) is 1. The van der Waals surface area contributed by atoms with E-state index in [9.17, 15) is 9.59 Å². The van der Waals surface area contributed by atoms with Crippen LogP contribution in [0.1, 0.15) is 12.8 Å². The minimum atomic E-state index is -0.121. The summed E-state index contributed by atoms with van der Waals surface area (Å²) in [6.07, 6.45) is 0.979. The summed E-state index contributed by atoms with van der Waals surface area (Å²) in [7, 11) is 0. The van der Waals surface area contributed by atoms with E-state index in [1.54, 1.807) is 30.3 Å². The smallest absolute Gasteiger partial charge is 0.238 e. The Morgan fingerprint density at radius 1 is 0.935 bits per heavy atom. The zero-order valence-electron chi connectivity index (χ0n) is 17.0. The quantitative estimate of drug-likeness (QED) is 0.557. The lowest BCUT2D eigenvalue weighted by Crippen LogP contribution is -2.50. The second-order valence-electron chi connectivity index (χ2n) is 7.19. The van der Waals surface area contributed by atoms with Crippen molar-refractivity contribution in [3.63, 3.8) is 0 Å². The fourth-order valence-corrected chi connectivity index (χ4v) is 3.80.